The summed E-state index contributed by atoms with van der Waals surface area (Å²) in [4.78, 5) is 3.77. The maximum absolute atomic E-state index is 5.81. The van der Waals surface area contributed by atoms with Crippen molar-refractivity contribution < 1.29 is 0 Å². The van der Waals surface area contributed by atoms with E-state index < -0.39 is 0 Å². The van der Waals surface area contributed by atoms with E-state index in [-0.39, 0.29) is 0 Å². The molecule has 0 fully saturated rings. The molecule has 62 valence electrons. The van der Waals surface area contributed by atoms with E-state index in [4.69, 9.17) is 23.2 Å². The third-order valence-corrected chi connectivity index (χ3v) is 2.10. The molecular weight excluding hydrogens is 181 g/mol. The summed E-state index contributed by atoms with van der Waals surface area (Å²) in [6, 6.07) is 0. The van der Waals surface area contributed by atoms with E-state index in [0.29, 0.717) is 10.1 Å². The highest BCUT2D eigenvalue weighted by atomic mass is 35.5. The lowest BCUT2D eigenvalue weighted by molar-refractivity contribution is 1.44. The molecule has 0 heterocycles. The van der Waals surface area contributed by atoms with E-state index in [9.17, 15) is 0 Å². The minimum atomic E-state index is 0.579. The van der Waals surface area contributed by atoms with E-state index in [2.05, 4.69) is 4.99 Å². The van der Waals surface area contributed by atoms with Crippen LogP contribution in [0.25, 0.3) is 0 Å². The van der Waals surface area contributed by atoms with Crippen molar-refractivity contribution in [1.29, 1.82) is 0 Å². The summed E-state index contributed by atoms with van der Waals surface area (Å²) in [6.45, 7) is 3.71. The Hall–Kier alpha value is -0.270. The van der Waals surface area contributed by atoms with Gasteiger partial charge in [-0.2, -0.15) is 0 Å². The zero-order valence-electron chi connectivity index (χ0n) is 6.86. The second kappa shape index (κ2) is 5.39. The predicted molar refractivity (Wildman–Crippen MR) is 52.6 cm³/mol. The maximum atomic E-state index is 5.81. The van der Waals surface area contributed by atoms with Crippen LogP contribution in [0.3, 0.4) is 0 Å². The van der Waals surface area contributed by atoms with Crippen molar-refractivity contribution in [3.05, 3.63) is 21.7 Å². The summed E-state index contributed by atoms with van der Waals surface area (Å²) in [7, 11) is 1.67. The molecule has 0 unspecified atom stereocenters. The van der Waals surface area contributed by atoms with E-state index in [1.54, 1.807) is 19.3 Å². The van der Waals surface area contributed by atoms with Gasteiger partial charge in [0.2, 0.25) is 0 Å². The van der Waals surface area contributed by atoms with Crippen molar-refractivity contribution in [2.75, 3.05) is 7.05 Å². The molecule has 3 heteroatoms. The molecule has 0 rings (SSSR count). The van der Waals surface area contributed by atoms with Crippen LogP contribution in [0.4, 0.5) is 0 Å². The molecule has 0 aliphatic carbocycles. The first-order valence-corrected chi connectivity index (χ1v) is 3.99. The van der Waals surface area contributed by atoms with Crippen LogP contribution in [0, 0.1) is 0 Å². The number of aliphatic imine (C=N–C) groups is 1. The summed E-state index contributed by atoms with van der Waals surface area (Å²) in [5, 5.41) is 1.24. The fraction of sp³-hybridized carbons (Fsp3) is 0.375. The molecule has 0 aliphatic heterocycles. The Kier molecular flexibility index (Phi) is 5.26. The highest BCUT2D eigenvalue weighted by molar-refractivity contribution is 6.42. The molecule has 0 radical (unpaired) electrons. The van der Waals surface area contributed by atoms with Crippen LogP contribution in [0.2, 0.25) is 0 Å². The van der Waals surface area contributed by atoms with Gasteiger partial charge in [-0.3, -0.25) is 4.99 Å². The Morgan fingerprint density at radius 1 is 1.36 bits per heavy atom. The van der Waals surface area contributed by atoms with Crippen LogP contribution in [0.15, 0.2) is 26.7 Å². The number of nitrogens with zero attached hydrogens (tertiary/aromatic N) is 1. The Morgan fingerprint density at radius 2 is 1.91 bits per heavy atom. The number of hydrogen-bond donors (Lipinski definition) is 0. The molecule has 0 saturated heterocycles. The third-order valence-electron chi connectivity index (χ3n) is 1.21. The summed E-state index contributed by atoms with van der Waals surface area (Å²) in [5.74, 6) is 0. The first-order chi connectivity index (χ1) is 5.13. The lowest BCUT2D eigenvalue weighted by atomic mass is 10.2. The van der Waals surface area contributed by atoms with E-state index >= 15 is 0 Å². The number of hydrogen-bond acceptors (Lipinski definition) is 1. The second-order valence-corrected chi connectivity index (χ2v) is 2.81. The Bertz CT molecular complexity index is 214. The van der Waals surface area contributed by atoms with Crippen molar-refractivity contribution in [3.8, 4) is 0 Å². The van der Waals surface area contributed by atoms with E-state index in [1.165, 1.54) is 0 Å². The van der Waals surface area contributed by atoms with Crippen molar-refractivity contribution in [1.82, 2.24) is 0 Å². The lowest BCUT2D eigenvalue weighted by Crippen LogP contribution is -1.83. The number of allylic oxidation sites excluding steroid dienone is 4. The number of halogens is 2. The molecule has 0 N–H and O–H groups in total. The molecule has 0 aliphatic rings. The summed E-state index contributed by atoms with van der Waals surface area (Å²) >= 11 is 11.6. The van der Waals surface area contributed by atoms with Crippen LogP contribution in [-0.4, -0.2) is 13.3 Å². The Morgan fingerprint density at radius 3 is 2.27 bits per heavy atom. The van der Waals surface area contributed by atoms with Crippen molar-refractivity contribution in [2.45, 2.75) is 13.8 Å². The molecule has 0 amide bonds. The fourth-order valence-corrected chi connectivity index (χ4v) is 0.890. The molecule has 0 aromatic carbocycles. The standard InChI is InChI=1S/C8H11Cl2N/c1-4-7(9)6(2)8(10)5-11-3/h4-5H,1-3H3/b7-4+,8-6+,11-5?. The molecule has 0 aromatic rings. The SMILES string of the molecule is C/C=C(Cl)\C(C)=C(\Cl)C=NC. The average Bonchev–Trinajstić information content (AvgIpc) is 2.02. The zero-order chi connectivity index (χ0) is 8.85. The van der Waals surface area contributed by atoms with Crippen molar-refractivity contribution in [3.63, 3.8) is 0 Å². The zero-order valence-corrected chi connectivity index (χ0v) is 8.37. The van der Waals surface area contributed by atoms with Crippen molar-refractivity contribution in [2.24, 2.45) is 4.99 Å². The minimum Gasteiger partial charge on any atom is -0.295 e. The maximum Gasteiger partial charge on any atom is 0.0628 e. The van der Waals surface area contributed by atoms with Gasteiger partial charge in [0.05, 0.1) is 5.03 Å². The highest BCUT2D eigenvalue weighted by Gasteiger charge is 1.98. The first-order valence-electron chi connectivity index (χ1n) is 3.24. The highest BCUT2D eigenvalue weighted by Crippen LogP contribution is 2.19. The molecular formula is C8H11Cl2N. The van der Waals surface area contributed by atoms with Crippen LogP contribution in [0.5, 0.6) is 0 Å². The Balaban J connectivity index is 4.66. The first kappa shape index (κ1) is 10.7. The van der Waals surface area contributed by atoms with Gasteiger partial charge in [-0.05, 0) is 19.4 Å². The van der Waals surface area contributed by atoms with Crippen molar-refractivity contribution >= 4 is 29.4 Å². The minimum absolute atomic E-state index is 0.579. The normalized spacial score (nSPS) is 15.5. The van der Waals surface area contributed by atoms with Gasteiger partial charge in [-0.1, -0.05) is 29.3 Å². The molecule has 0 saturated carbocycles. The predicted octanol–water partition coefficient (Wildman–Crippen LogP) is 3.34. The van der Waals surface area contributed by atoms with Crippen LogP contribution in [-0.2, 0) is 0 Å². The van der Waals surface area contributed by atoms with Gasteiger partial charge in [0, 0.05) is 18.3 Å². The molecule has 0 atom stereocenters. The van der Waals surface area contributed by atoms with Gasteiger partial charge < -0.3 is 0 Å². The summed E-state index contributed by atoms with van der Waals surface area (Å²) in [6.07, 6.45) is 3.37. The summed E-state index contributed by atoms with van der Waals surface area (Å²) < 4.78 is 0. The van der Waals surface area contributed by atoms with Gasteiger partial charge in [-0.25, -0.2) is 0 Å². The van der Waals surface area contributed by atoms with Crippen LogP contribution in [0.1, 0.15) is 13.8 Å². The summed E-state index contributed by atoms with van der Waals surface area (Å²) in [5.41, 5.74) is 0.849. The molecule has 0 aromatic heterocycles. The molecule has 1 nitrogen and oxygen atoms in total. The van der Waals surface area contributed by atoms with Gasteiger partial charge in [-0.15, -0.1) is 0 Å². The quantitative estimate of drug-likeness (QED) is 0.470. The smallest absolute Gasteiger partial charge is 0.0628 e. The molecule has 11 heavy (non-hydrogen) atoms. The van der Waals surface area contributed by atoms with Gasteiger partial charge in [0.1, 0.15) is 0 Å². The number of rotatable bonds is 2. The topological polar surface area (TPSA) is 12.4 Å². The lowest BCUT2D eigenvalue weighted by Gasteiger charge is -1.98. The fourth-order valence-electron chi connectivity index (χ4n) is 0.541. The van der Waals surface area contributed by atoms with E-state index in [0.717, 1.165) is 5.57 Å². The Labute approximate surface area is 77.4 Å². The third kappa shape index (κ3) is 3.59. The van der Waals surface area contributed by atoms with E-state index in [1.807, 2.05) is 13.8 Å². The van der Waals surface area contributed by atoms with Crippen LogP contribution < -0.4 is 0 Å². The van der Waals surface area contributed by atoms with Crippen LogP contribution >= 0.6 is 23.2 Å². The monoisotopic (exact) mass is 191 g/mol. The average molecular weight is 192 g/mol. The van der Waals surface area contributed by atoms with Gasteiger partial charge >= 0.3 is 0 Å². The second-order valence-electron chi connectivity index (χ2n) is 2.00. The molecule has 0 spiro atoms. The largest absolute Gasteiger partial charge is 0.295 e. The molecule has 0 bridgehead atoms. The van der Waals surface area contributed by atoms with Gasteiger partial charge in [0.25, 0.3) is 0 Å². The van der Waals surface area contributed by atoms with Gasteiger partial charge in [0.15, 0.2) is 0 Å².